The van der Waals surface area contributed by atoms with Gasteiger partial charge in [0.2, 0.25) is 0 Å². The zero-order chi connectivity index (χ0) is 28.4. The minimum Gasteiger partial charge on any atom is -0.451 e. The Labute approximate surface area is 232 Å². The lowest BCUT2D eigenvalue weighted by atomic mass is 9.91. The van der Waals surface area contributed by atoms with Crippen LogP contribution < -0.4 is 10.7 Å². The Hall–Kier alpha value is -4.11. The molecule has 1 aliphatic heterocycles. The van der Waals surface area contributed by atoms with Gasteiger partial charge in [-0.3, -0.25) is 14.4 Å². The highest BCUT2D eigenvalue weighted by molar-refractivity contribution is 6.30. The van der Waals surface area contributed by atoms with E-state index in [0.29, 0.717) is 24.3 Å². The Balaban J connectivity index is 1.37. The van der Waals surface area contributed by atoms with E-state index in [0.717, 1.165) is 23.8 Å². The summed E-state index contributed by atoms with van der Waals surface area (Å²) in [5.41, 5.74) is 0.384. The minimum absolute atomic E-state index is 0.0299. The molecule has 0 bridgehead atoms. The summed E-state index contributed by atoms with van der Waals surface area (Å²) in [5.74, 6) is -1.78. The van der Waals surface area contributed by atoms with Crippen molar-refractivity contribution in [3.8, 4) is 0 Å². The van der Waals surface area contributed by atoms with Crippen molar-refractivity contribution in [3.05, 3.63) is 116 Å². The van der Waals surface area contributed by atoms with E-state index in [1.54, 1.807) is 17.0 Å². The summed E-state index contributed by atoms with van der Waals surface area (Å²) >= 11 is 6.02. The predicted molar refractivity (Wildman–Crippen MR) is 144 cm³/mol. The molecule has 2 atom stereocenters. The fourth-order valence-corrected chi connectivity index (χ4v) is 5.13. The number of likely N-dealkylation sites (tertiary alicyclic amines) is 1. The van der Waals surface area contributed by atoms with Crippen molar-refractivity contribution in [3.63, 3.8) is 0 Å². The monoisotopic (exact) mass is 568 g/mol. The van der Waals surface area contributed by atoms with E-state index in [-0.39, 0.29) is 52.4 Å². The topological polar surface area (TPSA) is 79.6 Å². The number of rotatable bonds is 6. The van der Waals surface area contributed by atoms with Crippen molar-refractivity contribution in [1.29, 1.82) is 0 Å². The Kier molecular flexibility index (Phi) is 7.93. The van der Waals surface area contributed by atoms with Crippen LogP contribution in [0.5, 0.6) is 0 Å². The van der Waals surface area contributed by atoms with Crippen LogP contribution in [0.25, 0.3) is 11.0 Å². The third-order valence-electron chi connectivity index (χ3n) is 7.00. The number of nitrogens with one attached hydrogen (secondary N) is 1. The smallest absolute Gasteiger partial charge is 0.287 e. The number of alkyl halides is 2. The number of hydrogen-bond donors (Lipinski definition) is 1. The minimum atomic E-state index is -2.70. The highest BCUT2D eigenvalue weighted by Crippen LogP contribution is 2.26. The van der Waals surface area contributed by atoms with Gasteiger partial charge in [0, 0.05) is 40.8 Å². The summed E-state index contributed by atoms with van der Waals surface area (Å²) < 4.78 is 45.6. The quantitative estimate of drug-likeness (QED) is 0.302. The first-order chi connectivity index (χ1) is 19.2. The van der Waals surface area contributed by atoms with Gasteiger partial charge in [0.1, 0.15) is 11.4 Å². The van der Waals surface area contributed by atoms with E-state index in [1.165, 1.54) is 30.3 Å². The maximum absolute atomic E-state index is 13.5. The summed E-state index contributed by atoms with van der Waals surface area (Å²) in [5, 5.41) is 3.48. The van der Waals surface area contributed by atoms with Crippen molar-refractivity contribution in [2.45, 2.75) is 37.8 Å². The maximum atomic E-state index is 13.5. The molecule has 2 amide bonds. The first-order valence-corrected chi connectivity index (χ1v) is 13.0. The van der Waals surface area contributed by atoms with Crippen molar-refractivity contribution in [2.24, 2.45) is 0 Å². The molecule has 1 fully saturated rings. The van der Waals surface area contributed by atoms with Crippen LogP contribution in [-0.4, -0.2) is 35.3 Å². The number of piperidine rings is 1. The Morgan fingerprint density at radius 2 is 1.82 bits per heavy atom. The Morgan fingerprint density at radius 3 is 2.58 bits per heavy atom. The summed E-state index contributed by atoms with van der Waals surface area (Å²) in [6.07, 6.45) is -1.49. The maximum Gasteiger partial charge on any atom is 0.287 e. The molecular weight excluding hydrogens is 545 g/mol. The second-order valence-electron chi connectivity index (χ2n) is 9.72. The van der Waals surface area contributed by atoms with E-state index in [4.69, 9.17) is 16.0 Å². The van der Waals surface area contributed by atoms with Gasteiger partial charge < -0.3 is 14.6 Å². The molecule has 0 aliphatic carbocycles. The predicted octanol–water partition coefficient (Wildman–Crippen LogP) is 6.17. The molecule has 1 N–H and O–H groups in total. The van der Waals surface area contributed by atoms with Crippen LogP contribution >= 0.6 is 11.6 Å². The van der Waals surface area contributed by atoms with E-state index < -0.39 is 23.6 Å². The van der Waals surface area contributed by atoms with Crippen LogP contribution in [0.15, 0.2) is 82.0 Å². The van der Waals surface area contributed by atoms with Gasteiger partial charge >= 0.3 is 0 Å². The number of halogens is 4. The van der Waals surface area contributed by atoms with Crippen LogP contribution in [0, 0.1) is 5.82 Å². The first kappa shape index (κ1) is 27.5. The van der Waals surface area contributed by atoms with Crippen molar-refractivity contribution < 1.29 is 27.2 Å². The Bertz CT molecular complexity index is 1620. The lowest BCUT2D eigenvalue weighted by Gasteiger charge is -2.40. The van der Waals surface area contributed by atoms with Gasteiger partial charge in [0.15, 0.2) is 11.2 Å². The number of fused-ring (bicyclic) bond motifs is 1. The number of carbonyl (C=O) groups is 2. The second-order valence-corrected chi connectivity index (χ2v) is 10.2. The van der Waals surface area contributed by atoms with Crippen molar-refractivity contribution in [2.75, 3.05) is 6.54 Å². The normalized spacial score (nSPS) is 17.3. The molecule has 206 valence electrons. The van der Waals surface area contributed by atoms with E-state index in [2.05, 4.69) is 5.32 Å². The summed E-state index contributed by atoms with van der Waals surface area (Å²) in [6, 6.07) is 16.4. The molecule has 1 aliphatic rings. The molecule has 0 saturated carbocycles. The number of nitrogens with zero attached hydrogens (tertiary/aromatic N) is 1. The van der Waals surface area contributed by atoms with Crippen LogP contribution in [0.4, 0.5) is 13.2 Å². The number of benzene rings is 3. The van der Waals surface area contributed by atoms with Crippen LogP contribution in [0.1, 0.15) is 51.3 Å². The Morgan fingerprint density at radius 1 is 1.05 bits per heavy atom. The lowest BCUT2D eigenvalue weighted by Crippen LogP contribution is -2.52. The van der Waals surface area contributed by atoms with Crippen LogP contribution in [-0.2, 0) is 6.42 Å². The number of amides is 2. The molecule has 40 heavy (non-hydrogen) atoms. The van der Waals surface area contributed by atoms with Gasteiger partial charge in [0.25, 0.3) is 18.2 Å². The average Bonchev–Trinajstić information content (AvgIpc) is 2.94. The molecule has 1 aromatic heterocycles. The third-order valence-corrected chi connectivity index (χ3v) is 7.25. The van der Waals surface area contributed by atoms with Gasteiger partial charge in [-0.1, -0.05) is 35.9 Å². The zero-order valence-electron chi connectivity index (χ0n) is 21.1. The third kappa shape index (κ3) is 6.04. The molecule has 6 nitrogen and oxygen atoms in total. The molecule has 10 heteroatoms. The van der Waals surface area contributed by atoms with Gasteiger partial charge in [-0.25, -0.2) is 13.2 Å². The zero-order valence-corrected chi connectivity index (χ0v) is 21.8. The average molecular weight is 569 g/mol. The lowest BCUT2D eigenvalue weighted by molar-refractivity contribution is 0.0568. The molecule has 3 aromatic carbocycles. The molecule has 1 saturated heterocycles. The molecular formula is C30H24ClF3N2O4. The standard InChI is InChI=1S/C30H24ClF3N2O4/c31-20-6-4-17(5-7-20)12-23-15-22(10-11-36(23)30(39)19-3-1-2-18(13-19)28(33)34)35-29(38)27-16-25(37)24-14-21(32)8-9-26(24)40-27/h1-9,13-14,16,22-23,28H,10-12,15H2,(H,35,38). The van der Waals surface area contributed by atoms with Gasteiger partial charge in [0.05, 0.1) is 5.39 Å². The van der Waals surface area contributed by atoms with E-state index in [1.807, 2.05) is 12.1 Å². The van der Waals surface area contributed by atoms with Gasteiger partial charge in [-0.15, -0.1) is 0 Å². The summed E-state index contributed by atoms with van der Waals surface area (Å²) in [4.78, 5) is 40.6. The molecule has 0 spiro atoms. The largest absolute Gasteiger partial charge is 0.451 e. The summed E-state index contributed by atoms with van der Waals surface area (Å²) in [6.45, 7) is 0.266. The van der Waals surface area contributed by atoms with E-state index in [9.17, 15) is 27.6 Å². The fourth-order valence-electron chi connectivity index (χ4n) is 5.01. The molecule has 5 rings (SSSR count). The van der Waals surface area contributed by atoms with Crippen molar-refractivity contribution >= 4 is 34.4 Å². The second kappa shape index (κ2) is 11.6. The fraction of sp³-hybridized carbons (Fsp3) is 0.233. The summed E-state index contributed by atoms with van der Waals surface area (Å²) in [7, 11) is 0. The first-order valence-electron chi connectivity index (χ1n) is 12.7. The number of hydrogen-bond acceptors (Lipinski definition) is 4. The number of carbonyl (C=O) groups excluding carboxylic acids is 2. The highest BCUT2D eigenvalue weighted by Gasteiger charge is 2.33. The molecule has 2 unspecified atom stereocenters. The van der Waals surface area contributed by atoms with Crippen LogP contribution in [0.2, 0.25) is 5.02 Å². The van der Waals surface area contributed by atoms with Gasteiger partial charge in [-0.2, -0.15) is 0 Å². The van der Waals surface area contributed by atoms with Crippen LogP contribution in [0.3, 0.4) is 0 Å². The SMILES string of the molecule is O=C(NC1CCN(C(=O)c2cccc(C(F)F)c2)C(Cc2ccc(Cl)cc2)C1)c1cc(=O)c2cc(F)ccc2o1. The molecule has 2 heterocycles. The molecule has 0 radical (unpaired) electrons. The van der Waals surface area contributed by atoms with E-state index >= 15 is 0 Å². The highest BCUT2D eigenvalue weighted by atomic mass is 35.5. The van der Waals surface area contributed by atoms with Gasteiger partial charge in [-0.05, 0) is 67.3 Å². The van der Waals surface area contributed by atoms with Crippen molar-refractivity contribution in [1.82, 2.24) is 10.2 Å². The molecule has 4 aromatic rings.